The lowest BCUT2D eigenvalue weighted by Gasteiger charge is -2.45. The van der Waals surface area contributed by atoms with Crippen molar-refractivity contribution in [3.05, 3.63) is 59.7 Å². The molecule has 1 amide bonds. The van der Waals surface area contributed by atoms with Gasteiger partial charge in [0.05, 0.1) is 12.0 Å². The predicted octanol–water partition coefficient (Wildman–Crippen LogP) is 5.19. The molecular formula is C25H29NO4. The van der Waals surface area contributed by atoms with Crippen LogP contribution in [-0.2, 0) is 9.53 Å². The van der Waals surface area contributed by atoms with Crippen molar-refractivity contribution in [2.45, 2.75) is 51.0 Å². The van der Waals surface area contributed by atoms with Gasteiger partial charge in [-0.15, -0.1) is 0 Å². The van der Waals surface area contributed by atoms with Crippen LogP contribution in [-0.4, -0.2) is 29.3 Å². The van der Waals surface area contributed by atoms with E-state index in [2.05, 4.69) is 36.5 Å². The zero-order chi connectivity index (χ0) is 21.3. The third-order valence-electron chi connectivity index (χ3n) is 7.17. The van der Waals surface area contributed by atoms with Crippen LogP contribution in [0.1, 0.15) is 56.6 Å². The average Bonchev–Trinajstić information content (AvgIpc) is 3.04. The monoisotopic (exact) mass is 407 g/mol. The summed E-state index contributed by atoms with van der Waals surface area (Å²) < 4.78 is 5.69. The Morgan fingerprint density at radius 2 is 1.67 bits per heavy atom. The van der Waals surface area contributed by atoms with Gasteiger partial charge in [-0.2, -0.15) is 0 Å². The number of amides is 1. The van der Waals surface area contributed by atoms with Gasteiger partial charge in [-0.25, -0.2) is 4.79 Å². The van der Waals surface area contributed by atoms with Gasteiger partial charge in [0, 0.05) is 5.92 Å². The fourth-order valence-electron chi connectivity index (χ4n) is 5.34. The highest BCUT2D eigenvalue weighted by molar-refractivity contribution is 5.79. The fraction of sp³-hybridized carbons (Fsp3) is 0.440. The summed E-state index contributed by atoms with van der Waals surface area (Å²) in [6, 6.07) is 16.4. The van der Waals surface area contributed by atoms with Gasteiger partial charge in [0.15, 0.2) is 0 Å². The number of alkyl carbamates (subject to hydrolysis) is 1. The molecule has 1 fully saturated rings. The molecule has 0 heterocycles. The Hall–Kier alpha value is -2.82. The van der Waals surface area contributed by atoms with Crippen molar-refractivity contribution < 1.29 is 19.4 Å². The van der Waals surface area contributed by atoms with Gasteiger partial charge in [-0.1, -0.05) is 75.2 Å². The zero-order valence-electron chi connectivity index (χ0n) is 17.6. The molecule has 1 saturated carbocycles. The third kappa shape index (κ3) is 3.69. The highest BCUT2D eigenvalue weighted by Gasteiger charge is 2.44. The van der Waals surface area contributed by atoms with Crippen molar-refractivity contribution >= 4 is 12.1 Å². The molecule has 5 heteroatoms. The SMILES string of the molecule is CC1CCCC(CC(=O)O)(NC(=O)OCC2c3ccccc3-c3ccccc32)C1C. The summed E-state index contributed by atoms with van der Waals surface area (Å²) in [5.74, 6) is -0.481. The highest BCUT2D eigenvalue weighted by atomic mass is 16.5. The number of benzene rings is 2. The van der Waals surface area contributed by atoms with E-state index in [1.54, 1.807) is 0 Å². The number of carboxylic acid groups (broad SMARTS) is 1. The normalized spacial score (nSPS) is 25.3. The lowest BCUT2D eigenvalue weighted by atomic mass is 9.67. The number of aliphatic carboxylic acids is 1. The quantitative estimate of drug-likeness (QED) is 0.715. The van der Waals surface area contributed by atoms with Crippen LogP contribution < -0.4 is 5.32 Å². The van der Waals surface area contributed by atoms with Gasteiger partial charge in [-0.3, -0.25) is 4.79 Å². The Morgan fingerprint density at radius 3 is 2.27 bits per heavy atom. The molecule has 0 saturated heterocycles. The van der Waals surface area contributed by atoms with Crippen LogP contribution >= 0.6 is 0 Å². The first-order chi connectivity index (χ1) is 14.4. The van der Waals surface area contributed by atoms with Gasteiger partial charge in [0.25, 0.3) is 0 Å². The fourth-order valence-corrected chi connectivity index (χ4v) is 5.34. The van der Waals surface area contributed by atoms with Crippen molar-refractivity contribution in [3.8, 4) is 11.1 Å². The second-order valence-corrected chi connectivity index (χ2v) is 8.84. The first-order valence-electron chi connectivity index (χ1n) is 10.8. The second-order valence-electron chi connectivity index (χ2n) is 8.84. The molecule has 0 spiro atoms. The number of nitrogens with one attached hydrogen (secondary N) is 1. The maximum absolute atomic E-state index is 12.8. The molecule has 2 aliphatic carbocycles. The first-order valence-corrected chi connectivity index (χ1v) is 10.8. The summed E-state index contributed by atoms with van der Waals surface area (Å²) >= 11 is 0. The minimum atomic E-state index is -0.894. The maximum Gasteiger partial charge on any atom is 0.407 e. The minimum Gasteiger partial charge on any atom is -0.481 e. The summed E-state index contributed by atoms with van der Waals surface area (Å²) in [4.78, 5) is 24.4. The van der Waals surface area contributed by atoms with Crippen LogP contribution in [0.5, 0.6) is 0 Å². The molecule has 4 rings (SSSR count). The van der Waals surface area contributed by atoms with Gasteiger partial charge in [-0.05, 0) is 40.5 Å². The number of carboxylic acids is 1. The van der Waals surface area contributed by atoms with Gasteiger partial charge in [0.2, 0.25) is 0 Å². The number of rotatable bonds is 5. The summed E-state index contributed by atoms with van der Waals surface area (Å²) in [6.07, 6.45) is 2.01. The Labute approximate surface area is 177 Å². The van der Waals surface area contributed by atoms with E-state index in [1.165, 1.54) is 11.1 Å². The third-order valence-corrected chi connectivity index (χ3v) is 7.17. The number of hydrogen-bond acceptors (Lipinski definition) is 3. The molecule has 0 aliphatic heterocycles. The van der Waals surface area contributed by atoms with E-state index in [0.29, 0.717) is 12.3 Å². The second kappa shape index (κ2) is 8.13. The summed E-state index contributed by atoms with van der Waals surface area (Å²) in [5, 5.41) is 12.5. The lowest BCUT2D eigenvalue weighted by Crippen LogP contribution is -2.57. The molecule has 0 aromatic heterocycles. The van der Waals surface area contributed by atoms with E-state index >= 15 is 0 Å². The van der Waals surface area contributed by atoms with E-state index in [4.69, 9.17) is 4.74 Å². The highest BCUT2D eigenvalue weighted by Crippen LogP contribution is 2.45. The van der Waals surface area contributed by atoms with Crippen LogP contribution in [0, 0.1) is 11.8 Å². The number of fused-ring (bicyclic) bond motifs is 3. The van der Waals surface area contributed by atoms with Gasteiger partial charge in [0.1, 0.15) is 6.61 Å². The largest absolute Gasteiger partial charge is 0.481 e. The standard InChI is InChI=1S/C25H29NO4/c1-16-8-7-13-25(17(16)2,14-23(27)28)26-24(29)30-15-22-20-11-5-3-9-18(20)19-10-4-6-12-21(19)22/h3-6,9-12,16-17,22H,7-8,13-15H2,1-2H3,(H,26,29)(H,27,28). The number of ether oxygens (including phenoxy) is 1. The molecule has 2 aromatic rings. The molecular weight excluding hydrogens is 378 g/mol. The van der Waals surface area contributed by atoms with E-state index in [-0.39, 0.29) is 24.9 Å². The zero-order valence-corrected chi connectivity index (χ0v) is 17.6. The van der Waals surface area contributed by atoms with Crippen LogP contribution in [0.4, 0.5) is 4.79 Å². The topological polar surface area (TPSA) is 75.6 Å². The maximum atomic E-state index is 12.8. The van der Waals surface area contributed by atoms with E-state index < -0.39 is 17.6 Å². The molecule has 2 aliphatic rings. The van der Waals surface area contributed by atoms with E-state index in [0.717, 1.165) is 24.0 Å². The average molecular weight is 408 g/mol. The van der Waals surface area contributed by atoms with Crippen molar-refractivity contribution in [1.29, 1.82) is 0 Å². The summed E-state index contributed by atoms with van der Waals surface area (Å²) in [5.41, 5.74) is 3.92. The molecule has 158 valence electrons. The van der Waals surface area contributed by atoms with Crippen molar-refractivity contribution in [1.82, 2.24) is 5.32 Å². The Bertz CT molecular complexity index is 910. The molecule has 5 nitrogen and oxygen atoms in total. The number of hydrogen-bond donors (Lipinski definition) is 2. The van der Waals surface area contributed by atoms with Crippen LogP contribution in [0.2, 0.25) is 0 Å². The van der Waals surface area contributed by atoms with Crippen molar-refractivity contribution in [3.63, 3.8) is 0 Å². The van der Waals surface area contributed by atoms with Crippen LogP contribution in [0.3, 0.4) is 0 Å². The molecule has 2 N–H and O–H groups in total. The molecule has 3 atom stereocenters. The Kier molecular flexibility index (Phi) is 5.54. The molecule has 0 bridgehead atoms. The van der Waals surface area contributed by atoms with E-state index in [9.17, 15) is 14.7 Å². The number of carbonyl (C=O) groups is 2. The van der Waals surface area contributed by atoms with Crippen molar-refractivity contribution in [2.75, 3.05) is 6.61 Å². The smallest absolute Gasteiger partial charge is 0.407 e. The molecule has 30 heavy (non-hydrogen) atoms. The van der Waals surface area contributed by atoms with Crippen LogP contribution in [0.15, 0.2) is 48.5 Å². The Balaban J connectivity index is 1.50. The summed E-state index contributed by atoms with van der Waals surface area (Å²) in [6.45, 7) is 4.39. The minimum absolute atomic E-state index is 0.0127. The van der Waals surface area contributed by atoms with Crippen LogP contribution in [0.25, 0.3) is 11.1 Å². The number of carbonyl (C=O) groups excluding carboxylic acids is 1. The first kappa shape index (κ1) is 20.5. The summed E-state index contributed by atoms with van der Waals surface area (Å²) in [7, 11) is 0. The van der Waals surface area contributed by atoms with Gasteiger partial charge >= 0.3 is 12.1 Å². The van der Waals surface area contributed by atoms with Crippen molar-refractivity contribution in [2.24, 2.45) is 11.8 Å². The van der Waals surface area contributed by atoms with Gasteiger partial charge < -0.3 is 15.2 Å². The molecule has 2 aromatic carbocycles. The Morgan fingerprint density at radius 1 is 1.07 bits per heavy atom. The molecule has 0 radical (unpaired) electrons. The molecule has 3 unspecified atom stereocenters. The lowest BCUT2D eigenvalue weighted by molar-refractivity contribution is -0.140. The predicted molar refractivity (Wildman–Crippen MR) is 115 cm³/mol. The van der Waals surface area contributed by atoms with E-state index in [1.807, 2.05) is 31.2 Å².